The topological polar surface area (TPSA) is 55.4 Å². The molecule has 4 rings (SSSR count). The zero-order valence-corrected chi connectivity index (χ0v) is 18.5. The van der Waals surface area contributed by atoms with Gasteiger partial charge in [0.05, 0.1) is 12.2 Å². The van der Waals surface area contributed by atoms with Gasteiger partial charge >= 0.3 is 5.97 Å². The molecule has 1 N–H and O–H groups in total. The van der Waals surface area contributed by atoms with Crippen molar-refractivity contribution >= 4 is 27.7 Å². The molecule has 0 amide bonds. The normalized spacial score (nSPS) is 18.7. The van der Waals surface area contributed by atoms with E-state index in [0.29, 0.717) is 30.6 Å². The van der Waals surface area contributed by atoms with Gasteiger partial charge in [0.2, 0.25) is 0 Å². The average molecular weight is 466 g/mol. The maximum Gasteiger partial charge on any atom is 0.336 e. The summed E-state index contributed by atoms with van der Waals surface area (Å²) >= 11 is 3.62. The van der Waals surface area contributed by atoms with Crippen molar-refractivity contribution in [1.82, 2.24) is 5.32 Å². The molecular formula is C25H24BrNO3. The van der Waals surface area contributed by atoms with E-state index in [0.717, 1.165) is 39.8 Å². The Kier molecular flexibility index (Phi) is 6.18. The van der Waals surface area contributed by atoms with E-state index in [1.807, 2.05) is 61.5 Å². The summed E-state index contributed by atoms with van der Waals surface area (Å²) in [5.74, 6) is -0.693. The number of carbonyl (C=O) groups is 2. The number of carbonyl (C=O) groups excluding carboxylic acids is 2. The van der Waals surface area contributed by atoms with E-state index in [2.05, 4.69) is 21.2 Å². The van der Waals surface area contributed by atoms with E-state index in [9.17, 15) is 9.59 Å². The van der Waals surface area contributed by atoms with Crippen LogP contribution in [0.25, 0.3) is 0 Å². The Bertz CT molecular complexity index is 1040. The van der Waals surface area contributed by atoms with Crippen LogP contribution in [0.4, 0.5) is 0 Å². The van der Waals surface area contributed by atoms with Crippen LogP contribution in [-0.4, -0.2) is 18.4 Å². The molecule has 0 saturated heterocycles. The minimum Gasteiger partial charge on any atom is -0.462 e. The number of ether oxygens (including phenoxy) is 1. The van der Waals surface area contributed by atoms with Gasteiger partial charge in [-0.1, -0.05) is 64.5 Å². The number of Topliss-reactive ketones (excluding diaryl/α,β-unsaturated/α-hetero) is 1. The van der Waals surface area contributed by atoms with Crippen molar-refractivity contribution in [2.45, 2.75) is 38.5 Å². The summed E-state index contributed by atoms with van der Waals surface area (Å²) in [6, 6.07) is 17.7. The van der Waals surface area contributed by atoms with Crippen LogP contribution in [-0.2, 0) is 20.7 Å². The van der Waals surface area contributed by atoms with Crippen LogP contribution in [0, 0.1) is 0 Å². The third-order valence-corrected chi connectivity index (χ3v) is 6.40. The Morgan fingerprint density at radius 2 is 1.83 bits per heavy atom. The summed E-state index contributed by atoms with van der Waals surface area (Å²) in [7, 11) is 0. The molecule has 0 aromatic heterocycles. The summed E-state index contributed by atoms with van der Waals surface area (Å²) in [5.41, 5.74) is 4.95. The van der Waals surface area contributed by atoms with Crippen molar-refractivity contribution in [2.24, 2.45) is 0 Å². The lowest BCUT2D eigenvalue weighted by atomic mass is 9.75. The molecule has 4 nitrogen and oxygen atoms in total. The highest BCUT2D eigenvalue weighted by Crippen LogP contribution is 2.44. The fourth-order valence-electron chi connectivity index (χ4n) is 4.26. The van der Waals surface area contributed by atoms with Gasteiger partial charge in [0.25, 0.3) is 0 Å². The molecular weight excluding hydrogens is 442 g/mol. The van der Waals surface area contributed by atoms with Gasteiger partial charge in [-0.05, 0) is 37.0 Å². The quantitative estimate of drug-likeness (QED) is 0.616. The molecule has 0 radical (unpaired) electrons. The first-order valence-corrected chi connectivity index (χ1v) is 11.0. The number of hydrogen-bond donors (Lipinski definition) is 1. The average Bonchev–Trinajstić information content (AvgIpc) is 2.74. The van der Waals surface area contributed by atoms with Gasteiger partial charge in [-0.2, -0.15) is 0 Å². The molecule has 1 aliphatic heterocycles. The van der Waals surface area contributed by atoms with E-state index >= 15 is 0 Å². The number of halogens is 1. The fraction of sp³-hybridized carbons (Fsp3) is 0.280. The summed E-state index contributed by atoms with van der Waals surface area (Å²) in [6.45, 7) is 2.18. The molecule has 2 aliphatic rings. The Labute approximate surface area is 185 Å². The molecule has 2 aromatic carbocycles. The molecule has 0 bridgehead atoms. The number of benzene rings is 2. The summed E-state index contributed by atoms with van der Waals surface area (Å²) in [4.78, 5) is 26.1. The minimum atomic E-state index is -0.422. The van der Waals surface area contributed by atoms with Crippen LogP contribution in [0.15, 0.2) is 81.6 Å². The van der Waals surface area contributed by atoms with E-state index < -0.39 is 5.92 Å². The molecule has 1 atom stereocenters. The van der Waals surface area contributed by atoms with Crippen molar-refractivity contribution in [2.75, 3.05) is 6.61 Å². The van der Waals surface area contributed by atoms with Gasteiger partial charge in [0.15, 0.2) is 5.78 Å². The lowest BCUT2D eigenvalue weighted by molar-refractivity contribution is -0.139. The Hall–Kier alpha value is -2.66. The zero-order valence-electron chi connectivity index (χ0n) is 16.9. The largest absolute Gasteiger partial charge is 0.462 e. The highest BCUT2D eigenvalue weighted by atomic mass is 79.9. The standard InChI is InChI=1S/C25H24BrNO3/c1-16-22(25(29)30-15-14-17-8-3-2-4-9-17)23(18-10-5-6-11-19(18)26)24-20(27-16)12-7-13-21(24)28/h2-6,8-11,23,27H,7,12-15H2,1H3/t23-/m0/s1. The van der Waals surface area contributed by atoms with Gasteiger partial charge in [0, 0.05) is 40.2 Å². The van der Waals surface area contributed by atoms with E-state index in [1.165, 1.54) is 0 Å². The van der Waals surface area contributed by atoms with Crippen molar-refractivity contribution in [3.05, 3.63) is 92.7 Å². The highest BCUT2D eigenvalue weighted by Gasteiger charge is 2.39. The number of dihydropyridines is 1. The second-order valence-electron chi connectivity index (χ2n) is 7.66. The first kappa shape index (κ1) is 20.6. The predicted octanol–water partition coefficient (Wildman–Crippen LogP) is 5.20. The van der Waals surface area contributed by atoms with E-state index in [-0.39, 0.29) is 11.8 Å². The Morgan fingerprint density at radius 3 is 2.60 bits per heavy atom. The molecule has 0 spiro atoms. The number of rotatable bonds is 5. The summed E-state index contributed by atoms with van der Waals surface area (Å²) in [5, 5.41) is 3.33. The Morgan fingerprint density at radius 1 is 1.10 bits per heavy atom. The van der Waals surface area contributed by atoms with Gasteiger partial charge in [-0.15, -0.1) is 0 Å². The van der Waals surface area contributed by atoms with Crippen LogP contribution in [0.1, 0.15) is 43.2 Å². The number of hydrogen-bond acceptors (Lipinski definition) is 4. The molecule has 1 aliphatic carbocycles. The highest BCUT2D eigenvalue weighted by molar-refractivity contribution is 9.10. The lowest BCUT2D eigenvalue weighted by Gasteiger charge is -2.34. The number of esters is 1. The third-order valence-electron chi connectivity index (χ3n) is 5.68. The number of nitrogens with one attached hydrogen (secondary N) is 1. The zero-order chi connectivity index (χ0) is 21.1. The lowest BCUT2D eigenvalue weighted by Crippen LogP contribution is -2.34. The van der Waals surface area contributed by atoms with Crippen LogP contribution in [0.3, 0.4) is 0 Å². The summed E-state index contributed by atoms with van der Waals surface area (Å²) < 4.78 is 6.56. The van der Waals surface area contributed by atoms with Crippen molar-refractivity contribution < 1.29 is 14.3 Å². The van der Waals surface area contributed by atoms with Gasteiger partial charge < -0.3 is 10.1 Å². The van der Waals surface area contributed by atoms with Crippen molar-refractivity contribution in [3.63, 3.8) is 0 Å². The van der Waals surface area contributed by atoms with E-state index in [1.54, 1.807) is 0 Å². The van der Waals surface area contributed by atoms with Gasteiger partial charge in [-0.25, -0.2) is 4.79 Å². The second-order valence-corrected chi connectivity index (χ2v) is 8.51. The summed E-state index contributed by atoms with van der Waals surface area (Å²) in [6.07, 6.45) is 2.81. The van der Waals surface area contributed by atoms with Gasteiger partial charge in [0.1, 0.15) is 0 Å². The first-order chi connectivity index (χ1) is 14.6. The number of allylic oxidation sites excluding steroid dienone is 3. The van der Waals surface area contributed by atoms with Crippen molar-refractivity contribution in [3.8, 4) is 0 Å². The SMILES string of the molecule is CC1=C(C(=O)OCCc2ccccc2)[C@H](c2ccccc2Br)C2=C(CCCC2=O)N1. The maximum absolute atomic E-state index is 13.2. The molecule has 154 valence electrons. The third kappa shape index (κ3) is 4.12. The van der Waals surface area contributed by atoms with Crippen molar-refractivity contribution in [1.29, 1.82) is 0 Å². The van der Waals surface area contributed by atoms with E-state index in [4.69, 9.17) is 4.74 Å². The predicted molar refractivity (Wildman–Crippen MR) is 120 cm³/mol. The smallest absolute Gasteiger partial charge is 0.336 e. The molecule has 0 saturated carbocycles. The molecule has 0 unspecified atom stereocenters. The first-order valence-electron chi connectivity index (χ1n) is 10.3. The monoisotopic (exact) mass is 465 g/mol. The van der Waals surface area contributed by atoms with Gasteiger partial charge in [-0.3, -0.25) is 4.79 Å². The van der Waals surface area contributed by atoms with Crippen LogP contribution >= 0.6 is 15.9 Å². The minimum absolute atomic E-state index is 0.103. The maximum atomic E-state index is 13.2. The fourth-order valence-corrected chi connectivity index (χ4v) is 4.77. The van der Waals surface area contributed by atoms with Crippen LogP contribution < -0.4 is 5.32 Å². The van der Waals surface area contributed by atoms with Crippen LogP contribution in [0.2, 0.25) is 0 Å². The molecule has 2 aromatic rings. The molecule has 5 heteroatoms. The molecule has 30 heavy (non-hydrogen) atoms. The second kappa shape index (κ2) is 9.00. The van der Waals surface area contributed by atoms with Crippen LogP contribution in [0.5, 0.6) is 0 Å². The Balaban J connectivity index is 1.65. The molecule has 0 fully saturated rings. The number of ketones is 1. The molecule has 1 heterocycles.